The Kier molecular flexibility index (Phi) is 6.08. The highest BCUT2D eigenvalue weighted by Gasteiger charge is 2.25. The van der Waals surface area contributed by atoms with Gasteiger partial charge in [0.15, 0.2) is 5.78 Å². The number of benzene rings is 2. The third-order valence-corrected chi connectivity index (χ3v) is 6.76. The van der Waals surface area contributed by atoms with Gasteiger partial charge in [0.1, 0.15) is 0 Å². The highest BCUT2D eigenvalue weighted by Crippen LogP contribution is 2.39. The second-order valence-electron chi connectivity index (χ2n) is 8.65. The van der Waals surface area contributed by atoms with Gasteiger partial charge in [0.25, 0.3) is 5.69 Å². The molecule has 0 spiro atoms. The molecular formula is C25H29NO3. The van der Waals surface area contributed by atoms with Crippen LogP contribution >= 0.6 is 0 Å². The molecule has 4 heteroatoms. The maximum absolute atomic E-state index is 13.3. The number of nitrogens with zero attached hydrogens (tertiary/aromatic N) is 1. The Hall–Kier alpha value is -2.49. The van der Waals surface area contributed by atoms with E-state index in [0.29, 0.717) is 17.4 Å². The van der Waals surface area contributed by atoms with Crippen LogP contribution in [-0.2, 0) is 0 Å². The lowest BCUT2D eigenvalue weighted by atomic mass is 9.77. The minimum Gasteiger partial charge on any atom is -0.289 e. The fourth-order valence-corrected chi connectivity index (χ4v) is 5.15. The lowest BCUT2D eigenvalue weighted by Crippen LogP contribution is -2.14. The van der Waals surface area contributed by atoms with Crippen LogP contribution in [0.5, 0.6) is 0 Å². The van der Waals surface area contributed by atoms with E-state index in [1.165, 1.54) is 74.6 Å². The second-order valence-corrected chi connectivity index (χ2v) is 8.65. The van der Waals surface area contributed by atoms with E-state index in [1.807, 2.05) is 6.07 Å². The molecule has 2 fully saturated rings. The summed E-state index contributed by atoms with van der Waals surface area (Å²) in [6.07, 6.45) is 12.3. The number of carbonyl (C=O) groups is 1. The SMILES string of the molecule is O=C(c1cccc([N+](=O)[O-])c1)c1ccc(C2CCCCC2)cc1C1CCCCC1. The zero-order valence-electron chi connectivity index (χ0n) is 16.9. The van der Waals surface area contributed by atoms with E-state index in [0.717, 1.165) is 18.4 Å². The molecule has 2 aliphatic carbocycles. The van der Waals surface area contributed by atoms with Gasteiger partial charge in [-0.1, -0.05) is 68.9 Å². The van der Waals surface area contributed by atoms with Crippen LogP contribution in [0, 0.1) is 10.1 Å². The number of non-ortho nitro benzene ring substituents is 1. The Balaban J connectivity index is 1.71. The predicted octanol–water partition coefficient (Wildman–Crippen LogP) is 6.92. The molecular weight excluding hydrogens is 362 g/mol. The first-order valence-corrected chi connectivity index (χ1v) is 11.1. The molecule has 0 aromatic heterocycles. The summed E-state index contributed by atoms with van der Waals surface area (Å²) in [6.45, 7) is 0. The molecule has 4 nitrogen and oxygen atoms in total. The molecule has 0 unspecified atom stereocenters. The molecule has 0 amide bonds. The van der Waals surface area contributed by atoms with Crippen molar-refractivity contribution in [3.05, 3.63) is 74.8 Å². The van der Waals surface area contributed by atoms with Crippen LogP contribution < -0.4 is 0 Å². The topological polar surface area (TPSA) is 60.2 Å². The van der Waals surface area contributed by atoms with E-state index in [2.05, 4.69) is 12.1 Å². The maximum atomic E-state index is 13.3. The van der Waals surface area contributed by atoms with Crippen molar-refractivity contribution in [2.75, 3.05) is 0 Å². The van der Waals surface area contributed by atoms with Crippen LogP contribution in [0.3, 0.4) is 0 Å². The molecule has 0 saturated heterocycles. The molecule has 29 heavy (non-hydrogen) atoms. The van der Waals surface area contributed by atoms with Gasteiger partial charge in [-0.25, -0.2) is 0 Å². The third kappa shape index (κ3) is 4.42. The molecule has 2 aromatic rings. The van der Waals surface area contributed by atoms with Gasteiger partial charge in [-0.3, -0.25) is 14.9 Å². The summed E-state index contributed by atoms with van der Waals surface area (Å²) in [5.41, 5.74) is 3.65. The Bertz CT molecular complexity index is 893. The number of hydrogen-bond donors (Lipinski definition) is 0. The van der Waals surface area contributed by atoms with Gasteiger partial charge >= 0.3 is 0 Å². The van der Waals surface area contributed by atoms with Gasteiger partial charge in [0.05, 0.1) is 4.92 Å². The maximum Gasteiger partial charge on any atom is 0.270 e. The monoisotopic (exact) mass is 391 g/mol. The lowest BCUT2D eigenvalue weighted by molar-refractivity contribution is -0.384. The Morgan fingerprint density at radius 1 is 0.828 bits per heavy atom. The molecule has 0 aliphatic heterocycles. The zero-order chi connectivity index (χ0) is 20.2. The Morgan fingerprint density at radius 2 is 1.48 bits per heavy atom. The Labute approximate surface area is 172 Å². The normalized spacial score (nSPS) is 18.5. The van der Waals surface area contributed by atoms with Crippen molar-refractivity contribution in [3.63, 3.8) is 0 Å². The van der Waals surface area contributed by atoms with E-state index < -0.39 is 4.92 Å². The first-order chi connectivity index (χ1) is 14.1. The van der Waals surface area contributed by atoms with E-state index >= 15 is 0 Å². The fraction of sp³-hybridized carbons (Fsp3) is 0.480. The smallest absolute Gasteiger partial charge is 0.270 e. The van der Waals surface area contributed by atoms with Gasteiger partial charge < -0.3 is 0 Å². The van der Waals surface area contributed by atoms with Crippen molar-refractivity contribution in [1.29, 1.82) is 0 Å². The van der Waals surface area contributed by atoms with Gasteiger partial charge in [0, 0.05) is 23.3 Å². The molecule has 0 heterocycles. The van der Waals surface area contributed by atoms with Gasteiger partial charge in [-0.05, 0) is 48.6 Å². The van der Waals surface area contributed by atoms with Crippen LogP contribution in [0.1, 0.15) is 103 Å². The predicted molar refractivity (Wildman–Crippen MR) is 115 cm³/mol. The number of nitro benzene ring substituents is 1. The quantitative estimate of drug-likeness (QED) is 0.316. The summed E-state index contributed by atoms with van der Waals surface area (Å²) < 4.78 is 0. The molecule has 0 N–H and O–H groups in total. The highest BCUT2D eigenvalue weighted by molar-refractivity contribution is 6.10. The minimum absolute atomic E-state index is 0.0334. The first kappa shape index (κ1) is 19.8. The number of nitro groups is 1. The molecule has 0 atom stereocenters. The average Bonchev–Trinajstić information content (AvgIpc) is 2.79. The van der Waals surface area contributed by atoms with Crippen LogP contribution in [0.25, 0.3) is 0 Å². The molecule has 0 radical (unpaired) electrons. The standard InChI is InChI=1S/C25H29NO3/c27-25(21-12-7-13-22(16-21)26(28)29)23-15-14-20(18-8-3-1-4-9-18)17-24(23)19-10-5-2-6-11-19/h7,12-19H,1-6,8-11H2. The summed E-state index contributed by atoms with van der Waals surface area (Å²) in [7, 11) is 0. The molecule has 2 saturated carbocycles. The molecule has 152 valence electrons. The zero-order valence-corrected chi connectivity index (χ0v) is 16.9. The summed E-state index contributed by atoms with van der Waals surface area (Å²) in [5.74, 6) is 0.933. The number of hydrogen-bond acceptors (Lipinski definition) is 3. The van der Waals surface area contributed by atoms with Gasteiger partial charge in [-0.15, -0.1) is 0 Å². The second kappa shape index (κ2) is 8.89. The minimum atomic E-state index is -0.439. The van der Waals surface area contributed by atoms with Crippen molar-refractivity contribution >= 4 is 11.5 Å². The number of ketones is 1. The van der Waals surface area contributed by atoms with Crippen LogP contribution in [-0.4, -0.2) is 10.7 Å². The molecule has 2 aliphatic rings. The molecule has 4 rings (SSSR count). The highest BCUT2D eigenvalue weighted by atomic mass is 16.6. The summed E-state index contributed by atoms with van der Waals surface area (Å²) in [5, 5.41) is 11.1. The largest absolute Gasteiger partial charge is 0.289 e. The number of carbonyl (C=O) groups excluding carboxylic acids is 1. The van der Waals surface area contributed by atoms with Gasteiger partial charge in [0.2, 0.25) is 0 Å². The van der Waals surface area contributed by atoms with Crippen molar-refractivity contribution in [3.8, 4) is 0 Å². The average molecular weight is 392 g/mol. The fourth-order valence-electron chi connectivity index (χ4n) is 5.15. The third-order valence-electron chi connectivity index (χ3n) is 6.76. The van der Waals surface area contributed by atoms with Crippen molar-refractivity contribution in [2.24, 2.45) is 0 Å². The van der Waals surface area contributed by atoms with E-state index in [-0.39, 0.29) is 11.5 Å². The van der Waals surface area contributed by atoms with Gasteiger partial charge in [-0.2, -0.15) is 0 Å². The first-order valence-electron chi connectivity index (χ1n) is 11.1. The van der Waals surface area contributed by atoms with Crippen LogP contribution in [0.15, 0.2) is 42.5 Å². The molecule has 0 bridgehead atoms. The van der Waals surface area contributed by atoms with Crippen LogP contribution in [0.2, 0.25) is 0 Å². The summed E-state index contributed by atoms with van der Waals surface area (Å²) >= 11 is 0. The number of rotatable bonds is 5. The van der Waals surface area contributed by atoms with E-state index in [1.54, 1.807) is 12.1 Å². The van der Waals surface area contributed by atoms with Crippen molar-refractivity contribution in [1.82, 2.24) is 0 Å². The summed E-state index contributed by atoms with van der Waals surface area (Å²) in [6, 6.07) is 12.6. The molecule has 2 aromatic carbocycles. The summed E-state index contributed by atoms with van der Waals surface area (Å²) in [4.78, 5) is 24.1. The van der Waals surface area contributed by atoms with Crippen molar-refractivity contribution in [2.45, 2.75) is 76.0 Å². The van der Waals surface area contributed by atoms with Crippen LogP contribution in [0.4, 0.5) is 5.69 Å². The lowest BCUT2D eigenvalue weighted by Gasteiger charge is -2.27. The van der Waals surface area contributed by atoms with E-state index in [4.69, 9.17) is 0 Å². The van der Waals surface area contributed by atoms with E-state index in [9.17, 15) is 14.9 Å². The van der Waals surface area contributed by atoms with Crippen molar-refractivity contribution < 1.29 is 9.72 Å². The Morgan fingerprint density at radius 3 is 2.14 bits per heavy atom.